The van der Waals surface area contributed by atoms with Crippen LogP contribution in [0.3, 0.4) is 0 Å². The molecule has 2 N–H and O–H groups in total. The van der Waals surface area contributed by atoms with Crippen LogP contribution >= 0.6 is 11.6 Å². The van der Waals surface area contributed by atoms with Gasteiger partial charge in [-0.1, -0.05) is 23.7 Å². The van der Waals surface area contributed by atoms with E-state index in [0.717, 1.165) is 12.1 Å². The molecule has 100 valence electrons. The molecule has 0 fully saturated rings. The van der Waals surface area contributed by atoms with Gasteiger partial charge in [-0.2, -0.15) is 0 Å². The van der Waals surface area contributed by atoms with Crippen molar-refractivity contribution >= 4 is 27.3 Å². The van der Waals surface area contributed by atoms with Crippen molar-refractivity contribution in [3.63, 3.8) is 0 Å². The largest absolute Gasteiger partial charge is 0.508 e. The first-order valence-corrected chi connectivity index (χ1v) is 7.02. The molecular weight excluding hydrogens is 293 g/mol. The van der Waals surface area contributed by atoms with Crippen LogP contribution in [0.25, 0.3) is 0 Å². The van der Waals surface area contributed by atoms with Crippen LogP contribution in [0.15, 0.2) is 47.4 Å². The fourth-order valence-electron chi connectivity index (χ4n) is 1.45. The summed E-state index contributed by atoms with van der Waals surface area (Å²) in [5.41, 5.74) is -0.266. The maximum atomic E-state index is 13.5. The zero-order valence-corrected chi connectivity index (χ0v) is 11.0. The van der Waals surface area contributed by atoms with Gasteiger partial charge in [0.05, 0.1) is 10.7 Å². The first-order valence-electron chi connectivity index (χ1n) is 5.16. The third-order valence-electron chi connectivity index (χ3n) is 2.32. The Bertz CT molecular complexity index is 719. The van der Waals surface area contributed by atoms with Gasteiger partial charge in [-0.25, -0.2) is 12.8 Å². The third kappa shape index (κ3) is 2.97. The molecule has 0 heterocycles. The van der Waals surface area contributed by atoms with E-state index in [1.165, 1.54) is 24.3 Å². The summed E-state index contributed by atoms with van der Waals surface area (Å²) >= 11 is 5.79. The Kier molecular flexibility index (Phi) is 3.64. The van der Waals surface area contributed by atoms with Gasteiger partial charge < -0.3 is 5.11 Å². The Balaban J connectivity index is 2.40. The fraction of sp³-hybridized carbons (Fsp3) is 0. The molecule has 4 nitrogen and oxygen atoms in total. The number of sulfonamides is 1. The highest BCUT2D eigenvalue weighted by molar-refractivity contribution is 7.92. The lowest BCUT2D eigenvalue weighted by Crippen LogP contribution is -2.14. The molecule has 2 aromatic rings. The van der Waals surface area contributed by atoms with Gasteiger partial charge >= 0.3 is 0 Å². The predicted octanol–water partition coefficient (Wildman–Crippen LogP) is 2.99. The maximum Gasteiger partial charge on any atom is 0.263 e. The summed E-state index contributed by atoms with van der Waals surface area (Å²) < 4.78 is 39.6. The minimum absolute atomic E-state index is 0.0363. The molecule has 0 bridgehead atoms. The van der Waals surface area contributed by atoms with Gasteiger partial charge in [0.25, 0.3) is 10.0 Å². The molecule has 0 aliphatic carbocycles. The number of halogens is 2. The van der Waals surface area contributed by atoms with Gasteiger partial charge in [0.1, 0.15) is 10.6 Å². The SMILES string of the molecule is O=S(=O)(Nc1ccc(O)cc1F)c1ccccc1Cl. The topological polar surface area (TPSA) is 66.4 Å². The van der Waals surface area contributed by atoms with E-state index >= 15 is 0 Å². The molecule has 0 aromatic heterocycles. The van der Waals surface area contributed by atoms with Gasteiger partial charge in [-0.15, -0.1) is 0 Å². The van der Waals surface area contributed by atoms with Crippen molar-refractivity contribution in [1.29, 1.82) is 0 Å². The number of nitrogens with one attached hydrogen (secondary N) is 1. The molecule has 7 heteroatoms. The molecule has 0 atom stereocenters. The number of phenols is 1. The molecule has 0 saturated carbocycles. The number of aromatic hydroxyl groups is 1. The number of benzene rings is 2. The van der Waals surface area contributed by atoms with Gasteiger partial charge in [0, 0.05) is 6.07 Å². The van der Waals surface area contributed by atoms with Crippen molar-refractivity contribution in [1.82, 2.24) is 0 Å². The first kappa shape index (κ1) is 13.6. The Morgan fingerprint density at radius 1 is 1.16 bits per heavy atom. The Morgan fingerprint density at radius 2 is 1.84 bits per heavy atom. The molecular formula is C12H9ClFNO3S. The van der Waals surface area contributed by atoms with Crippen LogP contribution in [0.5, 0.6) is 5.75 Å². The molecule has 0 radical (unpaired) electrons. The molecule has 19 heavy (non-hydrogen) atoms. The quantitative estimate of drug-likeness (QED) is 0.857. The summed E-state index contributed by atoms with van der Waals surface area (Å²) in [6.07, 6.45) is 0. The molecule has 0 aliphatic rings. The van der Waals surface area contributed by atoms with E-state index in [2.05, 4.69) is 4.72 Å². The van der Waals surface area contributed by atoms with Gasteiger partial charge in [0.2, 0.25) is 0 Å². The van der Waals surface area contributed by atoms with Crippen LogP contribution in [-0.2, 0) is 10.0 Å². The summed E-state index contributed by atoms with van der Waals surface area (Å²) in [6, 6.07) is 8.93. The minimum atomic E-state index is -3.98. The molecule has 0 saturated heterocycles. The average molecular weight is 302 g/mol. The van der Waals surface area contributed by atoms with Gasteiger partial charge in [-0.3, -0.25) is 4.72 Å². The van der Waals surface area contributed by atoms with E-state index in [1.807, 2.05) is 0 Å². The minimum Gasteiger partial charge on any atom is -0.508 e. The zero-order chi connectivity index (χ0) is 14.0. The molecule has 2 rings (SSSR count). The van der Waals surface area contributed by atoms with Crippen LogP contribution in [0.1, 0.15) is 0 Å². The molecule has 0 spiro atoms. The van der Waals surface area contributed by atoms with E-state index in [-0.39, 0.29) is 21.4 Å². The highest BCUT2D eigenvalue weighted by atomic mass is 35.5. The van der Waals surface area contributed by atoms with Crippen LogP contribution in [0, 0.1) is 5.82 Å². The Hall–Kier alpha value is -1.79. The second kappa shape index (κ2) is 5.07. The van der Waals surface area contributed by atoms with Crippen LogP contribution in [0.4, 0.5) is 10.1 Å². The lowest BCUT2D eigenvalue weighted by Gasteiger charge is -2.10. The van der Waals surface area contributed by atoms with Crippen LogP contribution in [-0.4, -0.2) is 13.5 Å². The average Bonchev–Trinajstić information content (AvgIpc) is 2.33. The third-order valence-corrected chi connectivity index (χ3v) is 4.19. The van der Waals surface area contributed by atoms with E-state index in [1.54, 1.807) is 6.07 Å². The van der Waals surface area contributed by atoms with Crippen molar-refractivity contribution in [3.05, 3.63) is 53.3 Å². The molecule has 0 aliphatic heterocycles. The van der Waals surface area contributed by atoms with E-state index in [9.17, 15) is 12.8 Å². The van der Waals surface area contributed by atoms with Crippen LogP contribution < -0.4 is 4.72 Å². The summed E-state index contributed by atoms with van der Waals surface area (Å²) in [5.74, 6) is -1.17. The van der Waals surface area contributed by atoms with Crippen molar-refractivity contribution in [3.8, 4) is 5.75 Å². The monoisotopic (exact) mass is 301 g/mol. The number of phenolic OH excluding ortho intramolecular Hbond substituents is 1. The summed E-state index contributed by atoms with van der Waals surface area (Å²) in [4.78, 5) is -0.149. The highest BCUT2D eigenvalue weighted by Gasteiger charge is 2.19. The second-order valence-electron chi connectivity index (χ2n) is 3.70. The van der Waals surface area contributed by atoms with Gasteiger partial charge in [0.15, 0.2) is 5.82 Å². The van der Waals surface area contributed by atoms with E-state index < -0.39 is 15.8 Å². The smallest absolute Gasteiger partial charge is 0.263 e. The van der Waals surface area contributed by atoms with Crippen LogP contribution in [0.2, 0.25) is 5.02 Å². The summed E-state index contributed by atoms with van der Waals surface area (Å²) in [5, 5.41) is 9.09. The lowest BCUT2D eigenvalue weighted by atomic mass is 10.3. The normalized spacial score (nSPS) is 11.3. The van der Waals surface area contributed by atoms with Crippen molar-refractivity contribution in [2.75, 3.05) is 4.72 Å². The number of rotatable bonds is 3. The molecule has 2 aromatic carbocycles. The summed E-state index contributed by atoms with van der Waals surface area (Å²) in [6.45, 7) is 0. The number of hydrogen-bond donors (Lipinski definition) is 2. The predicted molar refractivity (Wildman–Crippen MR) is 70.3 cm³/mol. The summed E-state index contributed by atoms with van der Waals surface area (Å²) in [7, 11) is -3.98. The molecule has 0 unspecified atom stereocenters. The number of anilines is 1. The lowest BCUT2D eigenvalue weighted by molar-refractivity contribution is 0.469. The Morgan fingerprint density at radius 3 is 2.47 bits per heavy atom. The van der Waals surface area contributed by atoms with Gasteiger partial charge in [-0.05, 0) is 24.3 Å². The first-order chi connectivity index (χ1) is 8.90. The van der Waals surface area contributed by atoms with Crippen molar-refractivity contribution in [2.45, 2.75) is 4.90 Å². The maximum absolute atomic E-state index is 13.5. The van der Waals surface area contributed by atoms with Crippen molar-refractivity contribution in [2.24, 2.45) is 0 Å². The van der Waals surface area contributed by atoms with E-state index in [0.29, 0.717) is 0 Å². The molecule has 0 amide bonds. The Labute approximate surface area is 114 Å². The van der Waals surface area contributed by atoms with E-state index in [4.69, 9.17) is 16.7 Å². The zero-order valence-electron chi connectivity index (χ0n) is 9.47. The second-order valence-corrected chi connectivity index (χ2v) is 5.76. The standard InChI is InChI=1S/C12H9ClFNO3S/c13-9-3-1-2-4-12(9)19(17,18)15-11-6-5-8(16)7-10(11)14/h1-7,15-16H. The number of hydrogen-bond acceptors (Lipinski definition) is 3. The van der Waals surface area contributed by atoms with Crippen molar-refractivity contribution < 1.29 is 17.9 Å². The highest BCUT2D eigenvalue weighted by Crippen LogP contribution is 2.25. The fourth-order valence-corrected chi connectivity index (χ4v) is 3.04.